The number of carbonyl (C=O) groups is 1. The van der Waals surface area contributed by atoms with Gasteiger partial charge in [0, 0.05) is 29.0 Å². The molecule has 2 aromatic carbocycles. The van der Waals surface area contributed by atoms with Gasteiger partial charge in [0.2, 0.25) is 0 Å². The molecule has 30 heavy (non-hydrogen) atoms. The van der Waals surface area contributed by atoms with Gasteiger partial charge in [-0.3, -0.25) is 14.5 Å². The van der Waals surface area contributed by atoms with E-state index < -0.39 is 10.0 Å². The molecule has 0 saturated carbocycles. The minimum Gasteiger partial charge on any atom is -0.484 e. The fourth-order valence-corrected chi connectivity index (χ4v) is 4.01. The van der Waals surface area contributed by atoms with Gasteiger partial charge in [-0.15, -0.1) is 0 Å². The second kappa shape index (κ2) is 9.80. The highest BCUT2D eigenvalue weighted by atomic mass is 35.5. The summed E-state index contributed by atoms with van der Waals surface area (Å²) in [4.78, 5) is 15.9. The molecule has 2 N–H and O–H groups in total. The summed E-state index contributed by atoms with van der Waals surface area (Å²) in [6.07, 6.45) is 3.31. The predicted octanol–water partition coefficient (Wildman–Crippen LogP) is 3.88. The number of halogens is 2. The molecule has 0 radical (unpaired) electrons. The van der Waals surface area contributed by atoms with Gasteiger partial charge >= 0.3 is 0 Å². The summed E-state index contributed by atoms with van der Waals surface area (Å²) in [7, 11) is -3.84. The molecule has 3 aromatic rings. The van der Waals surface area contributed by atoms with E-state index in [2.05, 4.69) is 15.0 Å². The molecule has 0 aliphatic heterocycles. The fourth-order valence-electron chi connectivity index (χ4n) is 2.45. The summed E-state index contributed by atoms with van der Waals surface area (Å²) in [5, 5.41) is 3.33. The third-order valence-corrected chi connectivity index (χ3v) is 5.66. The molecule has 0 bridgehead atoms. The summed E-state index contributed by atoms with van der Waals surface area (Å²) in [5.74, 6) is 0.0475. The van der Waals surface area contributed by atoms with Crippen LogP contribution in [0.15, 0.2) is 71.9 Å². The Bertz CT molecular complexity index is 1100. The summed E-state index contributed by atoms with van der Waals surface area (Å²) in [6.45, 7) is 0.137. The topological polar surface area (TPSA) is 97.4 Å². The van der Waals surface area contributed by atoms with Crippen LogP contribution < -0.4 is 14.8 Å². The van der Waals surface area contributed by atoms with Crippen molar-refractivity contribution >= 4 is 44.8 Å². The van der Waals surface area contributed by atoms with Crippen molar-refractivity contribution in [2.24, 2.45) is 0 Å². The number of benzene rings is 2. The van der Waals surface area contributed by atoms with Crippen molar-refractivity contribution in [3.8, 4) is 5.75 Å². The van der Waals surface area contributed by atoms with E-state index in [-0.39, 0.29) is 23.1 Å². The lowest BCUT2D eigenvalue weighted by molar-refractivity contribution is -0.123. The van der Waals surface area contributed by atoms with E-state index in [0.29, 0.717) is 22.3 Å². The van der Waals surface area contributed by atoms with E-state index in [1.54, 1.807) is 18.5 Å². The SMILES string of the molecule is O=C(COc1ccc(S(=O)(=O)Nc2cc(Cl)cc(Cl)c2)cc1)NCc1cccnc1. The minimum atomic E-state index is -3.84. The molecule has 156 valence electrons. The number of nitrogens with one attached hydrogen (secondary N) is 2. The number of pyridine rings is 1. The first-order chi connectivity index (χ1) is 14.3. The predicted molar refractivity (Wildman–Crippen MR) is 115 cm³/mol. The second-order valence-electron chi connectivity index (χ2n) is 6.16. The van der Waals surface area contributed by atoms with Crippen LogP contribution in [0.3, 0.4) is 0 Å². The second-order valence-corrected chi connectivity index (χ2v) is 8.72. The number of hydrogen-bond acceptors (Lipinski definition) is 5. The van der Waals surface area contributed by atoms with Crippen molar-refractivity contribution in [2.45, 2.75) is 11.4 Å². The van der Waals surface area contributed by atoms with Crippen LogP contribution in [0, 0.1) is 0 Å². The van der Waals surface area contributed by atoms with Gasteiger partial charge in [0.05, 0.1) is 10.6 Å². The first-order valence-electron chi connectivity index (χ1n) is 8.69. The Hall–Kier alpha value is -2.81. The monoisotopic (exact) mass is 465 g/mol. The summed E-state index contributed by atoms with van der Waals surface area (Å²) >= 11 is 11.8. The summed E-state index contributed by atoms with van der Waals surface area (Å²) < 4.78 is 32.8. The maximum Gasteiger partial charge on any atom is 0.261 e. The van der Waals surface area contributed by atoms with Gasteiger partial charge < -0.3 is 10.1 Å². The van der Waals surface area contributed by atoms with Crippen molar-refractivity contribution in [3.63, 3.8) is 0 Å². The van der Waals surface area contributed by atoms with Gasteiger partial charge in [0.15, 0.2) is 6.61 Å². The fraction of sp³-hybridized carbons (Fsp3) is 0.100. The molecule has 3 rings (SSSR count). The Balaban J connectivity index is 1.55. The molecule has 1 heterocycles. The Morgan fingerprint density at radius 3 is 2.37 bits per heavy atom. The van der Waals surface area contributed by atoms with Gasteiger partial charge in [-0.05, 0) is 54.1 Å². The molecule has 0 aliphatic carbocycles. The maximum absolute atomic E-state index is 12.5. The van der Waals surface area contributed by atoms with E-state index >= 15 is 0 Å². The highest BCUT2D eigenvalue weighted by Gasteiger charge is 2.15. The van der Waals surface area contributed by atoms with Gasteiger partial charge in [0.1, 0.15) is 5.75 Å². The standard InChI is InChI=1S/C20H17Cl2N3O4S/c21-15-8-16(22)10-17(9-15)25-30(27,28)19-5-3-18(4-6-19)29-13-20(26)24-12-14-2-1-7-23-11-14/h1-11,25H,12-13H2,(H,24,26). The van der Waals surface area contributed by atoms with Crippen LogP contribution in [0.1, 0.15) is 5.56 Å². The van der Waals surface area contributed by atoms with E-state index in [0.717, 1.165) is 5.56 Å². The van der Waals surface area contributed by atoms with E-state index in [1.165, 1.54) is 42.5 Å². The molecule has 0 fully saturated rings. The van der Waals surface area contributed by atoms with Crippen LogP contribution in [0.5, 0.6) is 5.75 Å². The Labute approximate surface area is 184 Å². The van der Waals surface area contributed by atoms with Crippen LogP contribution in [0.4, 0.5) is 5.69 Å². The number of ether oxygens (including phenoxy) is 1. The van der Waals surface area contributed by atoms with Crippen molar-refractivity contribution in [3.05, 3.63) is 82.6 Å². The van der Waals surface area contributed by atoms with Crippen LogP contribution in [-0.4, -0.2) is 25.9 Å². The molecular formula is C20H17Cl2N3O4S. The lowest BCUT2D eigenvalue weighted by Gasteiger charge is -2.10. The molecule has 10 heteroatoms. The number of carbonyl (C=O) groups excluding carboxylic acids is 1. The van der Waals surface area contributed by atoms with E-state index in [9.17, 15) is 13.2 Å². The average molecular weight is 466 g/mol. The van der Waals surface area contributed by atoms with E-state index in [1.807, 2.05) is 6.07 Å². The van der Waals surface area contributed by atoms with Crippen molar-refractivity contribution in [2.75, 3.05) is 11.3 Å². The van der Waals surface area contributed by atoms with Gasteiger partial charge in [-0.2, -0.15) is 0 Å². The zero-order chi connectivity index (χ0) is 21.6. The number of rotatable bonds is 8. The molecule has 7 nitrogen and oxygen atoms in total. The van der Waals surface area contributed by atoms with Crippen molar-refractivity contribution in [1.29, 1.82) is 0 Å². The zero-order valence-corrected chi connectivity index (χ0v) is 17.8. The van der Waals surface area contributed by atoms with Gasteiger partial charge in [0.25, 0.3) is 15.9 Å². The normalized spacial score (nSPS) is 11.0. The zero-order valence-electron chi connectivity index (χ0n) is 15.5. The molecule has 0 saturated heterocycles. The molecule has 1 amide bonds. The lowest BCUT2D eigenvalue weighted by atomic mass is 10.3. The maximum atomic E-state index is 12.5. The van der Waals surface area contributed by atoms with Gasteiger partial charge in [-0.25, -0.2) is 8.42 Å². The Kier molecular flexibility index (Phi) is 7.15. The lowest BCUT2D eigenvalue weighted by Crippen LogP contribution is -2.28. The van der Waals surface area contributed by atoms with Crippen LogP contribution >= 0.6 is 23.2 Å². The third kappa shape index (κ3) is 6.35. The number of aromatic nitrogens is 1. The number of hydrogen-bond donors (Lipinski definition) is 2. The molecule has 0 aliphatic rings. The molecule has 0 spiro atoms. The molecule has 0 unspecified atom stereocenters. The third-order valence-electron chi connectivity index (χ3n) is 3.83. The number of nitrogens with zero attached hydrogens (tertiary/aromatic N) is 1. The minimum absolute atomic E-state index is 0.0203. The van der Waals surface area contributed by atoms with Crippen molar-refractivity contribution in [1.82, 2.24) is 10.3 Å². The smallest absolute Gasteiger partial charge is 0.261 e. The Morgan fingerprint density at radius 1 is 1.03 bits per heavy atom. The highest BCUT2D eigenvalue weighted by molar-refractivity contribution is 7.92. The number of sulfonamides is 1. The molecule has 1 aromatic heterocycles. The average Bonchev–Trinajstić information content (AvgIpc) is 2.70. The van der Waals surface area contributed by atoms with E-state index in [4.69, 9.17) is 27.9 Å². The molecular weight excluding hydrogens is 449 g/mol. The first-order valence-corrected chi connectivity index (χ1v) is 10.9. The number of amides is 1. The largest absolute Gasteiger partial charge is 0.484 e. The van der Waals surface area contributed by atoms with Crippen LogP contribution in [0.2, 0.25) is 10.0 Å². The van der Waals surface area contributed by atoms with Gasteiger partial charge in [-0.1, -0.05) is 29.3 Å². The highest BCUT2D eigenvalue weighted by Crippen LogP contribution is 2.25. The first kappa shape index (κ1) is 21.9. The van der Waals surface area contributed by atoms with Crippen molar-refractivity contribution < 1.29 is 17.9 Å². The molecule has 0 atom stereocenters. The summed E-state index contributed by atoms with van der Waals surface area (Å²) in [6, 6.07) is 13.7. The summed E-state index contributed by atoms with van der Waals surface area (Å²) in [5.41, 5.74) is 1.12. The van der Waals surface area contributed by atoms with Crippen LogP contribution in [0.25, 0.3) is 0 Å². The Morgan fingerprint density at radius 2 is 1.73 bits per heavy atom. The van der Waals surface area contributed by atoms with Crippen LogP contribution in [-0.2, 0) is 21.4 Å². The quantitative estimate of drug-likeness (QED) is 0.525. The number of anilines is 1.